The maximum Gasteiger partial charge on any atom is 0.307 e. The van der Waals surface area contributed by atoms with Gasteiger partial charge in [-0.1, -0.05) is 25.0 Å². The first-order valence-corrected chi connectivity index (χ1v) is 6.40. The Bertz CT molecular complexity index is 527. The normalized spacial score (nSPS) is 22.5. The quantitative estimate of drug-likeness (QED) is 0.844. The second kappa shape index (κ2) is 5.66. The van der Waals surface area contributed by atoms with Crippen molar-refractivity contribution in [3.05, 3.63) is 35.4 Å². The van der Waals surface area contributed by atoms with Crippen molar-refractivity contribution < 1.29 is 14.7 Å². The minimum atomic E-state index is -0.883. The van der Waals surface area contributed by atoms with Crippen LogP contribution < -0.4 is 0 Å². The lowest BCUT2D eigenvalue weighted by atomic mass is 9.75. The first-order chi connectivity index (χ1) is 9.13. The van der Waals surface area contributed by atoms with Crippen molar-refractivity contribution in [2.24, 2.45) is 11.8 Å². The van der Waals surface area contributed by atoms with Gasteiger partial charge >= 0.3 is 5.97 Å². The van der Waals surface area contributed by atoms with Crippen LogP contribution >= 0.6 is 0 Å². The van der Waals surface area contributed by atoms with Gasteiger partial charge in [-0.15, -0.1) is 0 Å². The molecule has 0 amide bonds. The molecule has 19 heavy (non-hydrogen) atoms. The number of Topliss-reactive ketones (excluding diaryl/α,β-unsaturated/α-hetero) is 1. The Morgan fingerprint density at radius 2 is 1.68 bits per heavy atom. The van der Waals surface area contributed by atoms with E-state index in [-0.39, 0.29) is 5.78 Å². The summed E-state index contributed by atoms with van der Waals surface area (Å²) in [5.41, 5.74) is 0.993. The summed E-state index contributed by atoms with van der Waals surface area (Å²) >= 11 is 0. The molecule has 98 valence electrons. The topological polar surface area (TPSA) is 78.2 Å². The van der Waals surface area contributed by atoms with Gasteiger partial charge in [0.05, 0.1) is 17.6 Å². The number of hydrogen-bond acceptors (Lipinski definition) is 3. The molecule has 1 aliphatic rings. The van der Waals surface area contributed by atoms with Crippen LogP contribution in [0.1, 0.15) is 41.6 Å². The Morgan fingerprint density at radius 3 is 2.21 bits per heavy atom. The Kier molecular flexibility index (Phi) is 3.96. The number of hydrogen-bond donors (Lipinski definition) is 1. The number of carbonyl (C=O) groups excluding carboxylic acids is 1. The van der Waals surface area contributed by atoms with Gasteiger partial charge in [0.15, 0.2) is 5.78 Å². The molecular formula is C15H15NO3. The maximum atomic E-state index is 12.4. The first-order valence-electron chi connectivity index (χ1n) is 6.40. The lowest BCUT2D eigenvalue weighted by Gasteiger charge is -2.27. The summed E-state index contributed by atoms with van der Waals surface area (Å²) in [5.74, 6) is -2.00. The molecule has 1 aliphatic carbocycles. The molecule has 0 aliphatic heterocycles. The molecule has 1 aromatic carbocycles. The molecule has 2 rings (SSSR count). The van der Waals surface area contributed by atoms with E-state index in [0.29, 0.717) is 24.0 Å². The van der Waals surface area contributed by atoms with E-state index in [1.54, 1.807) is 24.3 Å². The van der Waals surface area contributed by atoms with E-state index in [1.165, 1.54) is 0 Å². The second-order valence-electron chi connectivity index (χ2n) is 4.89. The highest BCUT2D eigenvalue weighted by Crippen LogP contribution is 2.32. The molecule has 0 spiro atoms. The van der Waals surface area contributed by atoms with Gasteiger partial charge in [-0.2, -0.15) is 5.26 Å². The minimum Gasteiger partial charge on any atom is -0.481 e. The van der Waals surface area contributed by atoms with Crippen molar-refractivity contribution in [2.45, 2.75) is 25.7 Å². The monoisotopic (exact) mass is 257 g/mol. The molecule has 1 fully saturated rings. The summed E-state index contributed by atoms with van der Waals surface area (Å²) in [5, 5.41) is 17.9. The SMILES string of the molecule is N#Cc1ccc(C(=O)[C@@H]2CCCC[C@H]2C(=O)O)cc1. The second-order valence-corrected chi connectivity index (χ2v) is 4.89. The van der Waals surface area contributed by atoms with Gasteiger partial charge in [-0.05, 0) is 25.0 Å². The smallest absolute Gasteiger partial charge is 0.307 e. The molecule has 1 saturated carbocycles. The number of rotatable bonds is 3. The average Bonchev–Trinajstić information content (AvgIpc) is 2.46. The zero-order valence-electron chi connectivity index (χ0n) is 10.5. The van der Waals surface area contributed by atoms with Crippen molar-refractivity contribution in [1.29, 1.82) is 5.26 Å². The molecule has 1 N–H and O–H groups in total. The fourth-order valence-corrected chi connectivity index (χ4v) is 2.66. The van der Waals surface area contributed by atoms with Crippen molar-refractivity contribution in [3.63, 3.8) is 0 Å². The summed E-state index contributed by atoms with van der Waals surface area (Å²) in [6, 6.07) is 8.38. The largest absolute Gasteiger partial charge is 0.481 e. The fourth-order valence-electron chi connectivity index (χ4n) is 2.66. The van der Waals surface area contributed by atoms with E-state index in [4.69, 9.17) is 5.26 Å². The van der Waals surface area contributed by atoms with Crippen LogP contribution in [0.15, 0.2) is 24.3 Å². The van der Waals surface area contributed by atoms with Gasteiger partial charge in [-0.3, -0.25) is 9.59 Å². The van der Waals surface area contributed by atoms with Gasteiger partial charge in [0.1, 0.15) is 0 Å². The molecule has 4 nitrogen and oxygen atoms in total. The van der Waals surface area contributed by atoms with Gasteiger partial charge in [-0.25, -0.2) is 0 Å². The highest BCUT2D eigenvalue weighted by atomic mass is 16.4. The number of nitrogens with zero attached hydrogens (tertiary/aromatic N) is 1. The van der Waals surface area contributed by atoms with Crippen molar-refractivity contribution in [1.82, 2.24) is 0 Å². The van der Waals surface area contributed by atoms with Gasteiger partial charge in [0.2, 0.25) is 0 Å². The molecule has 0 heterocycles. The van der Waals surface area contributed by atoms with Crippen molar-refractivity contribution in [2.75, 3.05) is 0 Å². The highest BCUT2D eigenvalue weighted by Gasteiger charge is 2.35. The lowest BCUT2D eigenvalue weighted by Crippen LogP contribution is -2.32. The lowest BCUT2D eigenvalue weighted by molar-refractivity contribution is -0.144. The Hall–Kier alpha value is -2.15. The van der Waals surface area contributed by atoms with Gasteiger partial charge < -0.3 is 5.11 Å². The molecule has 0 aromatic heterocycles. The summed E-state index contributed by atoms with van der Waals surface area (Å²) < 4.78 is 0. The molecular weight excluding hydrogens is 242 g/mol. The number of carboxylic acid groups (broad SMARTS) is 1. The molecule has 1 aromatic rings. The average molecular weight is 257 g/mol. The molecule has 0 unspecified atom stereocenters. The van der Waals surface area contributed by atoms with E-state index in [9.17, 15) is 14.7 Å². The molecule has 0 radical (unpaired) electrons. The van der Waals surface area contributed by atoms with E-state index in [1.807, 2.05) is 6.07 Å². The highest BCUT2D eigenvalue weighted by molar-refractivity contribution is 6.00. The Morgan fingerprint density at radius 1 is 1.11 bits per heavy atom. The third-order valence-corrected chi connectivity index (χ3v) is 3.72. The predicted octanol–water partition coefficient (Wildman–Crippen LogP) is 2.63. The van der Waals surface area contributed by atoms with E-state index >= 15 is 0 Å². The number of benzene rings is 1. The maximum absolute atomic E-state index is 12.4. The summed E-state index contributed by atoms with van der Waals surface area (Å²) in [6.07, 6.45) is 2.97. The van der Waals surface area contributed by atoms with Crippen LogP contribution in [0.3, 0.4) is 0 Å². The number of nitriles is 1. The van der Waals surface area contributed by atoms with Crippen LogP contribution in [-0.2, 0) is 4.79 Å². The molecule has 4 heteroatoms. The number of aliphatic carboxylic acids is 1. The number of carboxylic acids is 1. The van der Waals surface area contributed by atoms with Crippen molar-refractivity contribution in [3.8, 4) is 6.07 Å². The summed E-state index contributed by atoms with van der Waals surface area (Å²) in [4.78, 5) is 23.6. The van der Waals surface area contributed by atoms with Crippen molar-refractivity contribution >= 4 is 11.8 Å². The van der Waals surface area contributed by atoms with Crippen LogP contribution in [0.4, 0.5) is 0 Å². The van der Waals surface area contributed by atoms with E-state index < -0.39 is 17.8 Å². The number of ketones is 1. The molecule has 2 atom stereocenters. The summed E-state index contributed by atoms with van der Waals surface area (Å²) in [6.45, 7) is 0. The van der Waals surface area contributed by atoms with Crippen LogP contribution in [0.5, 0.6) is 0 Å². The Labute approximate surface area is 111 Å². The standard InChI is InChI=1S/C15H15NO3/c16-9-10-5-7-11(8-6-10)14(17)12-3-1-2-4-13(12)15(18)19/h5-8,12-13H,1-4H2,(H,18,19)/t12-,13-/m1/s1. The van der Waals surface area contributed by atoms with E-state index in [0.717, 1.165) is 12.8 Å². The third kappa shape index (κ3) is 2.82. The van der Waals surface area contributed by atoms with Gasteiger partial charge in [0, 0.05) is 11.5 Å². The fraction of sp³-hybridized carbons (Fsp3) is 0.400. The molecule has 0 saturated heterocycles. The van der Waals surface area contributed by atoms with Crippen LogP contribution in [0.2, 0.25) is 0 Å². The Balaban J connectivity index is 2.21. The summed E-state index contributed by atoms with van der Waals surface area (Å²) in [7, 11) is 0. The zero-order chi connectivity index (χ0) is 13.8. The zero-order valence-corrected chi connectivity index (χ0v) is 10.5. The van der Waals surface area contributed by atoms with Crippen LogP contribution in [0, 0.1) is 23.2 Å². The predicted molar refractivity (Wildman–Crippen MR) is 68.6 cm³/mol. The van der Waals surface area contributed by atoms with E-state index in [2.05, 4.69) is 0 Å². The van der Waals surface area contributed by atoms with Crippen LogP contribution in [-0.4, -0.2) is 16.9 Å². The van der Waals surface area contributed by atoms with Gasteiger partial charge in [0.25, 0.3) is 0 Å². The van der Waals surface area contributed by atoms with Crippen LogP contribution in [0.25, 0.3) is 0 Å². The third-order valence-electron chi connectivity index (χ3n) is 3.72. The number of carbonyl (C=O) groups is 2. The first kappa shape index (κ1) is 13.3. The minimum absolute atomic E-state index is 0.114. The molecule has 0 bridgehead atoms.